The molecule has 0 amide bonds. The predicted molar refractivity (Wildman–Crippen MR) is 165 cm³/mol. The lowest BCUT2D eigenvalue weighted by molar-refractivity contribution is -0.104. The topological polar surface area (TPSA) is 18.5 Å². The maximum Gasteiger partial charge on any atom is 0.242 e. The van der Waals surface area contributed by atoms with E-state index in [0.717, 1.165) is 48.2 Å². The van der Waals surface area contributed by atoms with E-state index in [0.29, 0.717) is 17.4 Å². The Kier molecular flexibility index (Phi) is 8.48. The molecule has 0 spiro atoms. The molecule has 0 radical (unpaired) electrons. The highest BCUT2D eigenvalue weighted by atomic mass is 28.4. The van der Waals surface area contributed by atoms with E-state index in [1.54, 1.807) is 5.57 Å². The van der Waals surface area contributed by atoms with Gasteiger partial charge in [-0.3, -0.25) is 0 Å². The van der Waals surface area contributed by atoms with Crippen LogP contribution in [0.25, 0.3) is 0 Å². The van der Waals surface area contributed by atoms with E-state index in [2.05, 4.69) is 86.1 Å². The van der Waals surface area contributed by atoms with Crippen LogP contribution >= 0.6 is 0 Å². The molecule has 4 heteroatoms. The molecule has 4 aliphatic rings. The van der Waals surface area contributed by atoms with E-state index in [4.69, 9.17) is 8.85 Å². The zero-order chi connectivity index (χ0) is 27.4. The third kappa shape index (κ3) is 6.22. The molecule has 0 aromatic carbocycles. The SMILES string of the molecule is CC(C)CCCC(C)C1CCC2C3C(CC[C@]12C)[C@@]1(C)CC=C(O[Si](C)(C)C)C=C1C[C@@H]3O[Si](C)(C)C. The standard InChI is InChI=1S/C33H60O2Si2/c1-23(2)13-12-14-24(3)27-15-16-28-31-29(18-20-33(27,28)5)32(4)19-17-26(34-36(6,7)8)21-25(32)22-30(31)35-37(9,10)11/h17,21,23-24,27-31H,12-16,18-20,22H2,1-11H3/t24?,27?,28?,29?,30-,31?,32-,33+/m0/s1. The van der Waals surface area contributed by atoms with Crippen LogP contribution in [0.1, 0.15) is 92.4 Å². The number of rotatable bonds is 9. The van der Waals surface area contributed by atoms with E-state index in [1.165, 1.54) is 44.9 Å². The Labute approximate surface area is 232 Å². The molecule has 3 fully saturated rings. The highest BCUT2D eigenvalue weighted by Gasteiger charge is 2.62. The van der Waals surface area contributed by atoms with Gasteiger partial charge in [0.1, 0.15) is 0 Å². The first-order chi connectivity index (χ1) is 17.0. The predicted octanol–water partition coefficient (Wildman–Crippen LogP) is 10.2. The van der Waals surface area contributed by atoms with Crippen LogP contribution < -0.4 is 0 Å². The van der Waals surface area contributed by atoms with E-state index in [1.807, 2.05) is 0 Å². The average Bonchev–Trinajstić information content (AvgIpc) is 3.09. The van der Waals surface area contributed by atoms with Crippen LogP contribution in [0.5, 0.6) is 0 Å². The van der Waals surface area contributed by atoms with Crippen LogP contribution in [0.2, 0.25) is 39.3 Å². The highest BCUT2D eigenvalue weighted by molar-refractivity contribution is 6.70. The second-order valence-electron chi connectivity index (χ2n) is 16.4. The largest absolute Gasteiger partial charge is 0.545 e. The molecule has 5 unspecified atom stereocenters. The first-order valence-corrected chi connectivity index (χ1v) is 22.6. The molecule has 3 saturated carbocycles. The van der Waals surface area contributed by atoms with Crippen molar-refractivity contribution in [3.05, 3.63) is 23.5 Å². The van der Waals surface area contributed by atoms with Gasteiger partial charge in [-0.05, 0) is 136 Å². The molecule has 0 aromatic rings. The quantitative estimate of drug-likeness (QED) is 0.269. The molecule has 4 aliphatic carbocycles. The van der Waals surface area contributed by atoms with E-state index in [-0.39, 0.29) is 5.41 Å². The van der Waals surface area contributed by atoms with Crippen molar-refractivity contribution in [1.82, 2.24) is 0 Å². The van der Waals surface area contributed by atoms with Crippen molar-refractivity contribution in [2.45, 2.75) is 138 Å². The van der Waals surface area contributed by atoms with Crippen LogP contribution in [0.15, 0.2) is 23.5 Å². The van der Waals surface area contributed by atoms with Crippen molar-refractivity contribution < 1.29 is 8.85 Å². The van der Waals surface area contributed by atoms with Gasteiger partial charge in [0.2, 0.25) is 8.32 Å². The monoisotopic (exact) mass is 544 g/mol. The molecule has 37 heavy (non-hydrogen) atoms. The van der Waals surface area contributed by atoms with Crippen LogP contribution in [-0.2, 0) is 8.85 Å². The van der Waals surface area contributed by atoms with E-state index in [9.17, 15) is 0 Å². The van der Waals surface area contributed by atoms with Gasteiger partial charge in [-0.15, -0.1) is 0 Å². The van der Waals surface area contributed by atoms with Crippen molar-refractivity contribution in [3.63, 3.8) is 0 Å². The summed E-state index contributed by atoms with van der Waals surface area (Å²) in [5.41, 5.74) is 2.40. The Morgan fingerprint density at radius 1 is 0.919 bits per heavy atom. The summed E-state index contributed by atoms with van der Waals surface area (Å²) >= 11 is 0. The second kappa shape index (κ2) is 10.6. The molecular formula is C33H60O2Si2. The van der Waals surface area contributed by atoms with Crippen molar-refractivity contribution in [3.8, 4) is 0 Å². The minimum Gasteiger partial charge on any atom is -0.545 e. The minimum absolute atomic E-state index is 0.276. The zero-order valence-electron chi connectivity index (χ0n) is 26.4. The molecule has 0 aliphatic heterocycles. The Morgan fingerprint density at radius 2 is 1.62 bits per heavy atom. The van der Waals surface area contributed by atoms with Gasteiger partial charge < -0.3 is 8.85 Å². The van der Waals surface area contributed by atoms with Crippen LogP contribution in [-0.4, -0.2) is 22.7 Å². The molecule has 212 valence electrons. The maximum absolute atomic E-state index is 7.16. The molecule has 8 atom stereocenters. The Hall–Kier alpha value is -0.326. The molecular weight excluding hydrogens is 485 g/mol. The summed E-state index contributed by atoms with van der Waals surface area (Å²) in [4.78, 5) is 0. The fourth-order valence-corrected chi connectivity index (χ4v) is 11.4. The fourth-order valence-electron chi connectivity index (χ4n) is 9.35. The van der Waals surface area contributed by atoms with Crippen molar-refractivity contribution in [2.75, 3.05) is 0 Å². The van der Waals surface area contributed by atoms with Gasteiger partial charge in [-0.2, -0.15) is 0 Å². The van der Waals surface area contributed by atoms with Crippen molar-refractivity contribution in [2.24, 2.45) is 46.3 Å². The first kappa shape index (κ1) is 29.7. The van der Waals surface area contributed by atoms with Gasteiger partial charge >= 0.3 is 0 Å². The van der Waals surface area contributed by atoms with E-state index >= 15 is 0 Å². The molecule has 4 rings (SSSR count). The maximum atomic E-state index is 7.16. The lowest BCUT2D eigenvalue weighted by Gasteiger charge is -2.61. The summed E-state index contributed by atoms with van der Waals surface area (Å²) in [6.07, 6.45) is 17.5. The average molecular weight is 545 g/mol. The Bertz CT molecular complexity index is 878. The molecule has 0 N–H and O–H groups in total. The van der Waals surface area contributed by atoms with Gasteiger partial charge in [-0.1, -0.05) is 59.5 Å². The molecule has 0 aromatic heterocycles. The van der Waals surface area contributed by atoms with Crippen LogP contribution in [0.4, 0.5) is 0 Å². The normalized spacial score (nSPS) is 38.9. The zero-order valence-corrected chi connectivity index (χ0v) is 28.4. The second-order valence-corrected chi connectivity index (χ2v) is 25.3. The fraction of sp³-hybridized carbons (Fsp3) is 0.879. The molecule has 0 saturated heterocycles. The highest BCUT2D eigenvalue weighted by Crippen LogP contribution is 2.68. The van der Waals surface area contributed by atoms with Crippen molar-refractivity contribution in [1.29, 1.82) is 0 Å². The third-order valence-corrected chi connectivity index (χ3v) is 12.8. The van der Waals surface area contributed by atoms with Gasteiger partial charge in [0.25, 0.3) is 0 Å². The van der Waals surface area contributed by atoms with Gasteiger partial charge in [0, 0.05) is 0 Å². The number of hydrogen-bond acceptors (Lipinski definition) is 2. The molecule has 2 nitrogen and oxygen atoms in total. The third-order valence-electron chi connectivity index (χ3n) is 10.9. The summed E-state index contributed by atoms with van der Waals surface area (Å²) < 4.78 is 13.7. The number of hydrogen-bond donors (Lipinski definition) is 0. The van der Waals surface area contributed by atoms with Crippen LogP contribution in [0.3, 0.4) is 0 Å². The Morgan fingerprint density at radius 3 is 2.24 bits per heavy atom. The summed E-state index contributed by atoms with van der Waals surface area (Å²) in [6.45, 7) is 26.8. The van der Waals surface area contributed by atoms with Gasteiger partial charge in [0.15, 0.2) is 8.32 Å². The first-order valence-electron chi connectivity index (χ1n) is 15.8. The Balaban J connectivity index is 1.61. The van der Waals surface area contributed by atoms with Crippen molar-refractivity contribution >= 4 is 16.6 Å². The summed E-state index contributed by atoms with van der Waals surface area (Å²) in [5, 5.41) is 0. The van der Waals surface area contributed by atoms with E-state index < -0.39 is 16.6 Å². The molecule has 0 heterocycles. The summed E-state index contributed by atoms with van der Waals surface area (Å²) in [5.74, 6) is 6.02. The minimum atomic E-state index is -1.66. The number of allylic oxidation sites excluding steroid dienone is 2. The lowest BCUT2D eigenvalue weighted by Crippen LogP contribution is -2.57. The molecule has 0 bridgehead atoms. The number of fused-ring (bicyclic) bond motifs is 5. The van der Waals surface area contributed by atoms with Gasteiger partial charge in [-0.25, -0.2) is 0 Å². The van der Waals surface area contributed by atoms with Crippen LogP contribution in [0, 0.1) is 46.3 Å². The summed E-state index contributed by atoms with van der Waals surface area (Å²) in [7, 11) is -3.27. The lowest BCUT2D eigenvalue weighted by atomic mass is 9.46. The smallest absolute Gasteiger partial charge is 0.242 e. The summed E-state index contributed by atoms with van der Waals surface area (Å²) in [6, 6.07) is 0. The van der Waals surface area contributed by atoms with Gasteiger partial charge in [0.05, 0.1) is 11.9 Å².